The lowest BCUT2D eigenvalue weighted by Crippen LogP contribution is -2.50. The highest BCUT2D eigenvalue weighted by Gasteiger charge is 2.50. The molecule has 0 aliphatic carbocycles. The van der Waals surface area contributed by atoms with Crippen molar-refractivity contribution in [2.24, 2.45) is 5.92 Å². The Labute approximate surface area is 65.2 Å². The summed E-state index contributed by atoms with van der Waals surface area (Å²) in [6, 6.07) is 0.162. The lowest BCUT2D eigenvalue weighted by molar-refractivity contribution is -0.0887. The molecule has 3 atom stereocenters. The molecule has 2 rings (SSSR count). The van der Waals surface area contributed by atoms with Crippen LogP contribution in [0.3, 0.4) is 0 Å². The van der Waals surface area contributed by atoms with E-state index >= 15 is 0 Å². The molecule has 3 heteroatoms. The van der Waals surface area contributed by atoms with Crippen molar-refractivity contribution >= 4 is 0 Å². The number of piperidine rings is 1. The van der Waals surface area contributed by atoms with Crippen molar-refractivity contribution < 1.29 is 8.78 Å². The molecule has 2 aliphatic heterocycles. The van der Waals surface area contributed by atoms with E-state index in [1.165, 1.54) is 0 Å². The van der Waals surface area contributed by atoms with Crippen LogP contribution in [0, 0.1) is 5.92 Å². The van der Waals surface area contributed by atoms with Gasteiger partial charge in [0.25, 0.3) is 5.92 Å². The van der Waals surface area contributed by atoms with E-state index in [0.717, 1.165) is 12.8 Å². The van der Waals surface area contributed by atoms with E-state index < -0.39 is 11.8 Å². The van der Waals surface area contributed by atoms with Gasteiger partial charge in [0, 0.05) is 24.4 Å². The van der Waals surface area contributed by atoms with Gasteiger partial charge in [0.2, 0.25) is 0 Å². The van der Waals surface area contributed by atoms with Gasteiger partial charge in [-0.1, -0.05) is 6.92 Å². The number of hydrogen-bond acceptors (Lipinski definition) is 1. The lowest BCUT2D eigenvalue weighted by Gasteiger charge is -2.35. The third-order valence-corrected chi connectivity index (χ3v) is 3.06. The van der Waals surface area contributed by atoms with Crippen molar-refractivity contribution in [2.45, 2.75) is 44.2 Å². The Morgan fingerprint density at radius 1 is 1.36 bits per heavy atom. The first-order chi connectivity index (χ1) is 5.09. The van der Waals surface area contributed by atoms with E-state index in [-0.39, 0.29) is 18.5 Å². The Balaban J connectivity index is 2.18. The molecule has 0 spiro atoms. The molecule has 0 radical (unpaired) electrons. The molecule has 64 valence electrons. The van der Waals surface area contributed by atoms with Crippen LogP contribution < -0.4 is 5.32 Å². The molecule has 2 bridgehead atoms. The molecule has 0 aromatic heterocycles. The summed E-state index contributed by atoms with van der Waals surface area (Å²) < 4.78 is 26.2. The molecular formula is C8H13F2N. The van der Waals surface area contributed by atoms with E-state index in [1.54, 1.807) is 6.92 Å². The quantitative estimate of drug-likeness (QED) is 0.571. The monoisotopic (exact) mass is 161 g/mol. The van der Waals surface area contributed by atoms with Crippen LogP contribution in [0.5, 0.6) is 0 Å². The van der Waals surface area contributed by atoms with Gasteiger partial charge >= 0.3 is 0 Å². The molecule has 1 N–H and O–H groups in total. The Bertz CT molecular complexity index is 169. The number of hydrogen-bond donors (Lipinski definition) is 1. The second kappa shape index (κ2) is 2.16. The zero-order valence-corrected chi connectivity index (χ0v) is 6.61. The second-order valence-corrected chi connectivity index (χ2v) is 3.80. The highest BCUT2D eigenvalue weighted by molar-refractivity contribution is 4.99. The van der Waals surface area contributed by atoms with Gasteiger partial charge in [-0.15, -0.1) is 0 Å². The van der Waals surface area contributed by atoms with Crippen molar-refractivity contribution in [3.63, 3.8) is 0 Å². The van der Waals surface area contributed by atoms with Gasteiger partial charge in [-0.2, -0.15) is 0 Å². The molecule has 2 aliphatic rings. The minimum Gasteiger partial charge on any atom is -0.311 e. The molecule has 2 fully saturated rings. The Hall–Kier alpha value is -0.180. The van der Waals surface area contributed by atoms with E-state index in [0.29, 0.717) is 0 Å². The standard InChI is InChI=1S/C8H13F2N/c1-5-7-3-2-6(11-7)4-8(5,9)10/h5-7,11H,2-4H2,1H3. The van der Waals surface area contributed by atoms with Crippen molar-refractivity contribution in [1.82, 2.24) is 5.32 Å². The zero-order valence-electron chi connectivity index (χ0n) is 6.61. The fraction of sp³-hybridized carbons (Fsp3) is 1.00. The maximum atomic E-state index is 13.1. The zero-order chi connectivity index (χ0) is 8.06. The van der Waals surface area contributed by atoms with Crippen LogP contribution >= 0.6 is 0 Å². The first-order valence-electron chi connectivity index (χ1n) is 4.23. The van der Waals surface area contributed by atoms with Gasteiger partial charge in [0.1, 0.15) is 0 Å². The average Bonchev–Trinajstić information content (AvgIpc) is 2.29. The van der Waals surface area contributed by atoms with Crippen LogP contribution in [0.25, 0.3) is 0 Å². The number of fused-ring (bicyclic) bond motifs is 2. The minimum absolute atomic E-state index is 0.0463. The van der Waals surface area contributed by atoms with E-state index in [4.69, 9.17) is 0 Å². The van der Waals surface area contributed by atoms with Gasteiger partial charge in [-0.3, -0.25) is 0 Å². The smallest absolute Gasteiger partial charge is 0.253 e. The van der Waals surface area contributed by atoms with Crippen molar-refractivity contribution in [1.29, 1.82) is 0 Å². The third-order valence-electron chi connectivity index (χ3n) is 3.06. The molecule has 2 saturated heterocycles. The molecule has 0 saturated carbocycles. The summed E-state index contributed by atoms with van der Waals surface area (Å²) in [7, 11) is 0. The van der Waals surface area contributed by atoms with Gasteiger partial charge in [0.15, 0.2) is 0 Å². The van der Waals surface area contributed by atoms with Crippen LogP contribution in [-0.4, -0.2) is 18.0 Å². The van der Waals surface area contributed by atoms with Crippen LogP contribution in [0.1, 0.15) is 26.2 Å². The minimum atomic E-state index is -2.42. The van der Waals surface area contributed by atoms with Crippen molar-refractivity contribution in [2.75, 3.05) is 0 Å². The molecule has 11 heavy (non-hydrogen) atoms. The molecular weight excluding hydrogens is 148 g/mol. The topological polar surface area (TPSA) is 12.0 Å². The molecule has 3 unspecified atom stereocenters. The summed E-state index contributed by atoms with van der Waals surface area (Å²) in [6.07, 6.45) is 1.91. The maximum Gasteiger partial charge on any atom is 0.253 e. The van der Waals surface area contributed by atoms with E-state index in [2.05, 4.69) is 5.32 Å². The van der Waals surface area contributed by atoms with Gasteiger partial charge in [-0.25, -0.2) is 8.78 Å². The molecule has 0 amide bonds. The molecule has 1 nitrogen and oxygen atoms in total. The van der Waals surface area contributed by atoms with Gasteiger partial charge < -0.3 is 5.32 Å². The molecule has 0 aromatic carbocycles. The van der Waals surface area contributed by atoms with Gasteiger partial charge in [-0.05, 0) is 12.8 Å². The van der Waals surface area contributed by atoms with Crippen LogP contribution in [0.4, 0.5) is 8.78 Å². The first-order valence-corrected chi connectivity index (χ1v) is 4.23. The predicted molar refractivity (Wildman–Crippen MR) is 38.7 cm³/mol. The van der Waals surface area contributed by atoms with E-state index in [1.807, 2.05) is 0 Å². The largest absolute Gasteiger partial charge is 0.311 e. The van der Waals surface area contributed by atoms with Gasteiger partial charge in [0.05, 0.1) is 0 Å². The average molecular weight is 161 g/mol. The summed E-state index contributed by atoms with van der Waals surface area (Å²) in [5.74, 6) is -2.89. The Morgan fingerprint density at radius 2 is 2.09 bits per heavy atom. The summed E-state index contributed by atoms with van der Waals surface area (Å²) in [6.45, 7) is 1.65. The van der Waals surface area contributed by atoms with Crippen LogP contribution in [-0.2, 0) is 0 Å². The summed E-state index contributed by atoms with van der Waals surface area (Å²) in [5, 5.41) is 3.22. The highest BCUT2D eigenvalue weighted by Crippen LogP contribution is 2.41. The maximum absolute atomic E-state index is 13.1. The highest BCUT2D eigenvalue weighted by atomic mass is 19.3. The summed E-state index contributed by atoms with van der Waals surface area (Å²) in [4.78, 5) is 0. The number of rotatable bonds is 0. The number of halogens is 2. The third kappa shape index (κ3) is 1.06. The molecule has 2 heterocycles. The lowest BCUT2D eigenvalue weighted by atomic mass is 9.90. The Morgan fingerprint density at radius 3 is 2.82 bits per heavy atom. The van der Waals surface area contributed by atoms with E-state index in [9.17, 15) is 8.78 Å². The number of nitrogens with one attached hydrogen (secondary N) is 1. The fourth-order valence-electron chi connectivity index (χ4n) is 2.21. The van der Waals surface area contributed by atoms with Crippen LogP contribution in [0.15, 0.2) is 0 Å². The normalized spacial score (nSPS) is 47.7. The SMILES string of the molecule is CC1C2CCC(CC1(F)F)N2. The second-order valence-electron chi connectivity index (χ2n) is 3.80. The summed E-state index contributed by atoms with van der Waals surface area (Å²) in [5.41, 5.74) is 0. The van der Waals surface area contributed by atoms with Crippen LogP contribution in [0.2, 0.25) is 0 Å². The van der Waals surface area contributed by atoms with Crippen molar-refractivity contribution in [3.05, 3.63) is 0 Å². The first kappa shape index (κ1) is 7.47. The Kier molecular flexibility index (Phi) is 1.46. The summed E-state index contributed by atoms with van der Waals surface area (Å²) >= 11 is 0. The predicted octanol–water partition coefficient (Wildman–Crippen LogP) is 1.78. The number of alkyl halides is 2. The fourth-order valence-corrected chi connectivity index (χ4v) is 2.21. The molecule has 0 aromatic rings. The van der Waals surface area contributed by atoms with Crippen molar-refractivity contribution in [3.8, 4) is 0 Å².